The van der Waals surface area contributed by atoms with Crippen molar-refractivity contribution >= 4 is 22.7 Å². The van der Waals surface area contributed by atoms with E-state index in [1.165, 1.54) is 27.5 Å². The molecule has 2 aromatic rings. The van der Waals surface area contributed by atoms with Crippen LogP contribution in [0.5, 0.6) is 0 Å². The number of rotatable bonds is 4. The van der Waals surface area contributed by atoms with Crippen LogP contribution in [0.4, 0.5) is 11.4 Å². The van der Waals surface area contributed by atoms with Crippen LogP contribution in [0.25, 0.3) is 0 Å². The molecule has 1 aromatic heterocycles. The Bertz CT molecular complexity index is 561. The third-order valence-corrected chi connectivity index (χ3v) is 3.71. The lowest BCUT2D eigenvalue weighted by Gasteiger charge is -2.05. The van der Waals surface area contributed by atoms with Crippen LogP contribution < -0.4 is 5.32 Å². The van der Waals surface area contributed by atoms with E-state index in [1.807, 2.05) is 0 Å². The SMILES string of the molecule is Cc1cc(CNc2ccc([N+](=O)[O-])cc2)c(C)s1. The molecule has 18 heavy (non-hydrogen) atoms. The lowest BCUT2D eigenvalue weighted by Crippen LogP contribution is -1.99. The molecular weight excluding hydrogens is 248 g/mol. The third kappa shape index (κ3) is 2.87. The van der Waals surface area contributed by atoms with E-state index in [9.17, 15) is 10.1 Å². The van der Waals surface area contributed by atoms with E-state index >= 15 is 0 Å². The molecular formula is C13H14N2O2S. The minimum Gasteiger partial charge on any atom is -0.381 e. The van der Waals surface area contributed by atoms with Gasteiger partial charge in [0.25, 0.3) is 5.69 Å². The number of hydrogen-bond donors (Lipinski definition) is 1. The number of nitro groups is 1. The van der Waals surface area contributed by atoms with Gasteiger partial charge >= 0.3 is 0 Å². The largest absolute Gasteiger partial charge is 0.381 e. The Morgan fingerprint density at radius 2 is 1.94 bits per heavy atom. The smallest absolute Gasteiger partial charge is 0.269 e. The number of nitrogens with zero attached hydrogens (tertiary/aromatic N) is 1. The quantitative estimate of drug-likeness (QED) is 0.672. The highest BCUT2D eigenvalue weighted by atomic mass is 32.1. The van der Waals surface area contributed by atoms with E-state index in [0.29, 0.717) is 0 Å². The highest BCUT2D eigenvalue weighted by Gasteiger charge is 2.05. The molecule has 0 saturated carbocycles. The summed E-state index contributed by atoms with van der Waals surface area (Å²) in [7, 11) is 0. The summed E-state index contributed by atoms with van der Waals surface area (Å²) >= 11 is 1.78. The average molecular weight is 262 g/mol. The molecule has 0 bridgehead atoms. The molecule has 0 saturated heterocycles. The normalized spacial score (nSPS) is 10.3. The Morgan fingerprint density at radius 3 is 2.44 bits per heavy atom. The number of nitrogens with one attached hydrogen (secondary N) is 1. The standard InChI is InChI=1S/C13H14N2O2S/c1-9-7-11(10(2)18-9)8-14-12-3-5-13(6-4-12)15(16)17/h3-7,14H,8H2,1-2H3. The summed E-state index contributed by atoms with van der Waals surface area (Å²) in [5, 5.41) is 13.8. The Balaban J connectivity index is 2.02. The van der Waals surface area contributed by atoms with Gasteiger partial charge in [-0.15, -0.1) is 11.3 Å². The maximum Gasteiger partial charge on any atom is 0.269 e. The van der Waals surface area contributed by atoms with Gasteiger partial charge in [-0.05, 0) is 37.6 Å². The lowest BCUT2D eigenvalue weighted by atomic mass is 10.2. The summed E-state index contributed by atoms with van der Waals surface area (Å²) in [6.45, 7) is 4.94. The molecule has 0 aliphatic rings. The van der Waals surface area contributed by atoms with E-state index in [4.69, 9.17) is 0 Å². The first-order valence-corrected chi connectivity index (χ1v) is 6.42. The molecule has 2 rings (SSSR count). The maximum absolute atomic E-state index is 10.5. The highest BCUT2D eigenvalue weighted by Crippen LogP contribution is 2.22. The van der Waals surface area contributed by atoms with Crippen molar-refractivity contribution < 1.29 is 4.92 Å². The summed E-state index contributed by atoms with van der Waals surface area (Å²) in [5.74, 6) is 0. The molecule has 1 heterocycles. The van der Waals surface area contributed by atoms with E-state index in [1.54, 1.807) is 23.5 Å². The van der Waals surface area contributed by atoms with Gasteiger partial charge in [-0.2, -0.15) is 0 Å². The zero-order chi connectivity index (χ0) is 13.1. The second-order valence-corrected chi connectivity index (χ2v) is 5.56. The number of hydrogen-bond acceptors (Lipinski definition) is 4. The second-order valence-electron chi connectivity index (χ2n) is 4.10. The monoisotopic (exact) mass is 262 g/mol. The fourth-order valence-corrected chi connectivity index (χ4v) is 2.70. The van der Waals surface area contributed by atoms with Crippen molar-refractivity contribution in [2.75, 3.05) is 5.32 Å². The zero-order valence-corrected chi connectivity index (χ0v) is 11.1. The van der Waals surface area contributed by atoms with Crippen molar-refractivity contribution in [1.29, 1.82) is 0 Å². The van der Waals surface area contributed by atoms with Crippen molar-refractivity contribution in [2.45, 2.75) is 20.4 Å². The van der Waals surface area contributed by atoms with Gasteiger partial charge in [-0.25, -0.2) is 0 Å². The van der Waals surface area contributed by atoms with Gasteiger partial charge in [-0.3, -0.25) is 10.1 Å². The third-order valence-electron chi connectivity index (χ3n) is 2.70. The number of nitro benzene ring substituents is 1. The first kappa shape index (κ1) is 12.6. The van der Waals surface area contributed by atoms with E-state index in [-0.39, 0.29) is 5.69 Å². The van der Waals surface area contributed by atoms with Crippen LogP contribution in [0, 0.1) is 24.0 Å². The second kappa shape index (κ2) is 5.18. The highest BCUT2D eigenvalue weighted by molar-refractivity contribution is 7.12. The Hall–Kier alpha value is -1.88. The minimum absolute atomic E-state index is 0.114. The molecule has 1 N–H and O–H groups in total. The minimum atomic E-state index is -0.393. The summed E-state index contributed by atoms with van der Waals surface area (Å²) < 4.78 is 0. The number of thiophene rings is 1. The van der Waals surface area contributed by atoms with Crippen LogP contribution in [0.2, 0.25) is 0 Å². The molecule has 5 heteroatoms. The summed E-state index contributed by atoms with van der Waals surface area (Å²) in [6.07, 6.45) is 0. The van der Waals surface area contributed by atoms with E-state index < -0.39 is 4.92 Å². The number of anilines is 1. The summed E-state index contributed by atoms with van der Waals surface area (Å²) in [5.41, 5.74) is 2.28. The molecule has 0 unspecified atom stereocenters. The summed E-state index contributed by atoms with van der Waals surface area (Å²) in [4.78, 5) is 12.7. The van der Waals surface area contributed by atoms with Gasteiger partial charge in [0.15, 0.2) is 0 Å². The number of benzene rings is 1. The maximum atomic E-state index is 10.5. The van der Waals surface area contributed by atoms with Crippen LogP contribution in [-0.4, -0.2) is 4.92 Å². The van der Waals surface area contributed by atoms with E-state index in [0.717, 1.165) is 12.2 Å². The molecule has 0 spiro atoms. The van der Waals surface area contributed by atoms with Gasteiger partial charge in [0.1, 0.15) is 0 Å². The van der Waals surface area contributed by atoms with Crippen molar-refractivity contribution in [3.8, 4) is 0 Å². The Kier molecular flexibility index (Phi) is 3.62. The van der Waals surface area contributed by atoms with Crippen LogP contribution in [0.3, 0.4) is 0 Å². The summed E-state index contributed by atoms with van der Waals surface area (Å²) in [6, 6.07) is 8.64. The molecule has 0 amide bonds. The first-order chi connectivity index (χ1) is 8.56. The Morgan fingerprint density at radius 1 is 1.28 bits per heavy atom. The van der Waals surface area contributed by atoms with Crippen LogP contribution in [0.15, 0.2) is 30.3 Å². The van der Waals surface area contributed by atoms with Crippen LogP contribution in [-0.2, 0) is 6.54 Å². The van der Waals surface area contributed by atoms with Crippen molar-refractivity contribution in [3.63, 3.8) is 0 Å². The van der Waals surface area contributed by atoms with Crippen LogP contribution in [0.1, 0.15) is 15.3 Å². The molecule has 0 fully saturated rings. The van der Waals surface area contributed by atoms with Crippen LogP contribution >= 0.6 is 11.3 Å². The van der Waals surface area contributed by atoms with E-state index in [2.05, 4.69) is 25.2 Å². The molecule has 0 atom stereocenters. The molecule has 94 valence electrons. The predicted molar refractivity (Wildman–Crippen MR) is 74.2 cm³/mol. The molecule has 0 aliphatic carbocycles. The number of aryl methyl sites for hydroxylation is 2. The molecule has 4 nitrogen and oxygen atoms in total. The van der Waals surface area contributed by atoms with Crippen molar-refractivity contribution in [2.24, 2.45) is 0 Å². The molecule has 0 aliphatic heterocycles. The predicted octanol–water partition coefficient (Wildman–Crippen LogP) is 3.89. The fourth-order valence-electron chi connectivity index (χ4n) is 1.76. The average Bonchev–Trinajstić information content (AvgIpc) is 2.66. The zero-order valence-electron chi connectivity index (χ0n) is 10.3. The molecule has 0 radical (unpaired) electrons. The van der Waals surface area contributed by atoms with Gasteiger partial charge in [0.2, 0.25) is 0 Å². The Labute approximate surface area is 109 Å². The topological polar surface area (TPSA) is 55.2 Å². The fraction of sp³-hybridized carbons (Fsp3) is 0.231. The van der Waals surface area contributed by atoms with Gasteiger partial charge in [-0.1, -0.05) is 0 Å². The molecule has 1 aromatic carbocycles. The number of non-ortho nitro benzene ring substituents is 1. The van der Waals surface area contributed by atoms with Gasteiger partial charge in [0, 0.05) is 34.1 Å². The van der Waals surface area contributed by atoms with Gasteiger partial charge in [0.05, 0.1) is 4.92 Å². The van der Waals surface area contributed by atoms with Crippen molar-refractivity contribution in [3.05, 3.63) is 55.8 Å². The first-order valence-electron chi connectivity index (χ1n) is 5.60. The lowest BCUT2D eigenvalue weighted by molar-refractivity contribution is -0.384. The van der Waals surface area contributed by atoms with Crippen molar-refractivity contribution in [1.82, 2.24) is 0 Å². The van der Waals surface area contributed by atoms with Gasteiger partial charge < -0.3 is 5.32 Å².